The Labute approximate surface area is 254 Å². The van der Waals surface area contributed by atoms with Crippen LogP contribution < -0.4 is 4.90 Å². The fourth-order valence-electron chi connectivity index (χ4n) is 6.37. The summed E-state index contributed by atoms with van der Waals surface area (Å²) in [5.41, 5.74) is 0.830. The summed E-state index contributed by atoms with van der Waals surface area (Å²) < 4.78 is 47.5. The summed E-state index contributed by atoms with van der Waals surface area (Å²) in [7, 11) is 0. The first-order valence-corrected chi connectivity index (χ1v) is 15.0. The molecule has 2 aromatic rings. The Morgan fingerprint density at radius 2 is 1.58 bits per heavy atom. The van der Waals surface area contributed by atoms with Crippen molar-refractivity contribution < 1.29 is 32.3 Å². The van der Waals surface area contributed by atoms with Crippen LogP contribution in [0.2, 0.25) is 5.02 Å². The number of halogens is 4. The molecule has 8 nitrogen and oxygen atoms in total. The molecule has 232 valence electrons. The maximum atomic E-state index is 14.2. The summed E-state index contributed by atoms with van der Waals surface area (Å²) in [6, 6.07) is 6.52. The second kappa shape index (κ2) is 13.1. The van der Waals surface area contributed by atoms with Crippen molar-refractivity contribution >= 4 is 35.2 Å². The number of likely N-dealkylation sites (tertiary alicyclic amines) is 3. The third kappa shape index (κ3) is 7.09. The van der Waals surface area contributed by atoms with Crippen LogP contribution in [0, 0.1) is 36.2 Å². The number of piperidine rings is 1. The second-order valence-electron chi connectivity index (χ2n) is 11.8. The van der Waals surface area contributed by atoms with Gasteiger partial charge in [0.1, 0.15) is 29.1 Å². The average Bonchev–Trinajstić information content (AvgIpc) is 3.51. The van der Waals surface area contributed by atoms with Crippen molar-refractivity contribution in [3.8, 4) is 0 Å². The molecule has 3 aliphatic heterocycles. The summed E-state index contributed by atoms with van der Waals surface area (Å²) in [4.78, 5) is 44.9. The molecule has 5 rings (SSSR count). The molecule has 2 atom stereocenters. The Kier molecular flexibility index (Phi) is 9.51. The van der Waals surface area contributed by atoms with Crippen LogP contribution >= 0.6 is 11.6 Å². The SMILES string of the molecule is CC(=O)N1CCC(OC(=O)N(CCCN2CC3CN(C(=O)c4c(F)cc(F)cc4F)CC3C2)c2ccc(C)c(Cl)c2)CC1. The van der Waals surface area contributed by atoms with Crippen molar-refractivity contribution in [2.24, 2.45) is 11.8 Å². The number of nitrogens with zero attached hydrogens (tertiary/aromatic N) is 4. The number of fused-ring (bicyclic) bond motifs is 1. The van der Waals surface area contributed by atoms with Crippen molar-refractivity contribution in [3.05, 3.63) is 63.9 Å². The van der Waals surface area contributed by atoms with Gasteiger partial charge in [0.2, 0.25) is 5.91 Å². The summed E-state index contributed by atoms with van der Waals surface area (Å²) >= 11 is 6.38. The molecular formula is C31H36ClF3N4O4. The van der Waals surface area contributed by atoms with Crippen molar-refractivity contribution in [1.82, 2.24) is 14.7 Å². The van der Waals surface area contributed by atoms with Gasteiger partial charge in [0.05, 0.1) is 0 Å². The topological polar surface area (TPSA) is 73.4 Å². The number of anilines is 1. The smallest absolute Gasteiger partial charge is 0.414 e. The zero-order chi connectivity index (χ0) is 30.8. The van der Waals surface area contributed by atoms with Crippen LogP contribution in [0.5, 0.6) is 0 Å². The standard InChI is InChI=1S/C31H36ClF3N4O4/c1-19-4-5-24(14-26(19)32)39(31(42)43-25-6-10-37(11-7-25)20(2)40)9-3-8-36-15-21-17-38(18-22(21)16-36)30(41)29-27(34)12-23(33)13-28(29)35/h4-5,12-14,21-22,25H,3,6-11,15-18H2,1-2H3. The van der Waals surface area contributed by atoms with Crippen LogP contribution in [-0.4, -0.2) is 91.1 Å². The lowest BCUT2D eigenvalue weighted by atomic mass is 10.0. The van der Waals surface area contributed by atoms with Crippen molar-refractivity contribution in [1.29, 1.82) is 0 Å². The van der Waals surface area contributed by atoms with Crippen LogP contribution in [0.3, 0.4) is 0 Å². The largest absolute Gasteiger partial charge is 0.446 e. The van der Waals surface area contributed by atoms with Crippen molar-refractivity contribution in [3.63, 3.8) is 0 Å². The summed E-state index contributed by atoms with van der Waals surface area (Å²) in [6.07, 6.45) is 1.12. The molecule has 3 saturated heterocycles. The number of ether oxygens (including phenoxy) is 1. The van der Waals surface area contributed by atoms with Gasteiger partial charge in [-0.3, -0.25) is 14.5 Å². The molecule has 0 aliphatic carbocycles. The Bertz CT molecular complexity index is 1350. The van der Waals surface area contributed by atoms with Crippen LogP contribution in [0.1, 0.15) is 42.1 Å². The molecule has 0 aromatic heterocycles. The number of rotatable bonds is 7. The summed E-state index contributed by atoms with van der Waals surface area (Å²) in [5, 5.41) is 0.553. The highest BCUT2D eigenvalue weighted by molar-refractivity contribution is 6.31. The Balaban J connectivity index is 1.15. The minimum absolute atomic E-state index is 0.0155. The van der Waals surface area contributed by atoms with Crippen molar-refractivity contribution in [2.45, 2.75) is 39.2 Å². The molecule has 3 aliphatic rings. The number of aryl methyl sites for hydroxylation is 1. The molecule has 3 fully saturated rings. The average molecular weight is 621 g/mol. The molecule has 0 radical (unpaired) electrons. The van der Waals surface area contributed by atoms with Crippen LogP contribution in [0.15, 0.2) is 30.3 Å². The van der Waals surface area contributed by atoms with Gasteiger partial charge in [-0.2, -0.15) is 0 Å². The van der Waals surface area contributed by atoms with E-state index in [1.807, 2.05) is 19.1 Å². The van der Waals surface area contributed by atoms with Gasteiger partial charge < -0.3 is 19.4 Å². The lowest BCUT2D eigenvalue weighted by Crippen LogP contribution is -2.43. The summed E-state index contributed by atoms with van der Waals surface area (Å²) in [6.45, 7) is 7.84. The molecule has 2 aromatic carbocycles. The van der Waals surface area contributed by atoms with E-state index in [1.54, 1.807) is 15.9 Å². The molecule has 0 N–H and O–H groups in total. The first-order valence-electron chi connectivity index (χ1n) is 14.7. The molecule has 43 heavy (non-hydrogen) atoms. The van der Waals surface area contributed by atoms with E-state index in [9.17, 15) is 27.6 Å². The van der Waals surface area contributed by atoms with Gasteiger partial charge in [0, 0.05) is 88.4 Å². The molecule has 12 heteroatoms. The Morgan fingerprint density at radius 3 is 2.16 bits per heavy atom. The van der Waals surface area contributed by atoms with E-state index in [1.165, 1.54) is 11.8 Å². The zero-order valence-electron chi connectivity index (χ0n) is 24.3. The Morgan fingerprint density at radius 1 is 0.953 bits per heavy atom. The van der Waals surface area contributed by atoms with Gasteiger partial charge in [-0.05, 0) is 49.4 Å². The minimum atomic E-state index is -1.19. The first-order chi connectivity index (χ1) is 20.5. The molecule has 3 amide bonds. The lowest BCUT2D eigenvalue weighted by Gasteiger charge is -2.32. The number of carbonyl (C=O) groups excluding carboxylic acids is 3. The molecule has 0 saturated carbocycles. The maximum Gasteiger partial charge on any atom is 0.414 e. The molecule has 2 unspecified atom stereocenters. The van der Waals surface area contributed by atoms with E-state index < -0.39 is 35.0 Å². The highest BCUT2D eigenvalue weighted by Crippen LogP contribution is 2.33. The minimum Gasteiger partial charge on any atom is -0.446 e. The van der Waals surface area contributed by atoms with E-state index in [2.05, 4.69) is 4.90 Å². The quantitative estimate of drug-likeness (QED) is 0.430. The fourth-order valence-corrected chi connectivity index (χ4v) is 6.54. The molecule has 0 bridgehead atoms. The number of hydrogen-bond acceptors (Lipinski definition) is 5. The Hall–Kier alpha value is -3.31. The van der Waals surface area contributed by atoms with Crippen LogP contribution in [-0.2, 0) is 9.53 Å². The van der Waals surface area contributed by atoms with Gasteiger partial charge in [0.15, 0.2) is 0 Å². The fraction of sp³-hybridized carbons (Fsp3) is 0.516. The molecule has 3 heterocycles. The van der Waals surface area contributed by atoms with E-state index in [-0.39, 0.29) is 23.8 Å². The zero-order valence-corrected chi connectivity index (χ0v) is 25.1. The van der Waals surface area contributed by atoms with Gasteiger partial charge in [-0.1, -0.05) is 17.7 Å². The molecule has 0 spiro atoms. The van der Waals surface area contributed by atoms with Crippen LogP contribution in [0.4, 0.5) is 23.7 Å². The van der Waals surface area contributed by atoms with E-state index in [0.29, 0.717) is 81.4 Å². The van der Waals surface area contributed by atoms with E-state index in [4.69, 9.17) is 16.3 Å². The number of benzene rings is 2. The predicted octanol–water partition coefficient (Wildman–Crippen LogP) is 5.11. The number of hydrogen-bond donors (Lipinski definition) is 0. The van der Waals surface area contributed by atoms with Gasteiger partial charge >= 0.3 is 6.09 Å². The van der Waals surface area contributed by atoms with E-state index in [0.717, 1.165) is 18.7 Å². The number of carbonyl (C=O) groups is 3. The van der Waals surface area contributed by atoms with Gasteiger partial charge in [-0.25, -0.2) is 18.0 Å². The summed E-state index contributed by atoms with van der Waals surface area (Å²) in [5.74, 6) is -3.87. The third-order valence-corrected chi connectivity index (χ3v) is 9.18. The maximum absolute atomic E-state index is 14.2. The highest BCUT2D eigenvalue weighted by Gasteiger charge is 2.42. The van der Waals surface area contributed by atoms with Crippen molar-refractivity contribution in [2.75, 3.05) is 57.3 Å². The van der Waals surface area contributed by atoms with Crippen LogP contribution in [0.25, 0.3) is 0 Å². The lowest BCUT2D eigenvalue weighted by molar-refractivity contribution is -0.130. The predicted molar refractivity (Wildman–Crippen MR) is 156 cm³/mol. The monoisotopic (exact) mass is 620 g/mol. The van der Waals surface area contributed by atoms with Gasteiger partial charge in [-0.15, -0.1) is 0 Å². The second-order valence-corrected chi connectivity index (χ2v) is 12.2. The molecular weight excluding hydrogens is 585 g/mol. The van der Waals surface area contributed by atoms with E-state index >= 15 is 0 Å². The first kappa shape index (κ1) is 31.1. The highest BCUT2D eigenvalue weighted by atomic mass is 35.5. The van der Waals surface area contributed by atoms with Gasteiger partial charge in [0.25, 0.3) is 5.91 Å². The normalized spacial score (nSPS) is 20.8. The number of amides is 3. The third-order valence-electron chi connectivity index (χ3n) is 8.77.